The SMILES string of the molecule is Cc1c(/C=C/c2ccc(CNCCO)cn2)cccc1-c1ccc2c(c1)OCCO2. The zero-order chi connectivity index (χ0) is 20.8. The summed E-state index contributed by atoms with van der Waals surface area (Å²) in [6.45, 7) is 4.74. The fourth-order valence-corrected chi connectivity index (χ4v) is 3.48. The summed E-state index contributed by atoms with van der Waals surface area (Å²) in [7, 11) is 0. The third-order valence-corrected chi connectivity index (χ3v) is 5.13. The normalized spacial score (nSPS) is 13.0. The summed E-state index contributed by atoms with van der Waals surface area (Å²) in [4.78, 5) is 4.51. The molecule has 0 amide bonds. The van der Waals surface area contributed by atoms with Gasteiger partial charge in [-0.1, -0.05) is 36.4 Å². The van der Waals surface area contributed by atoms with Gasteiger partial charge in [-0.2, -0.15) is 0 Å². The smallest absolute Gasteiger partial charge is 0.161 e. The van der Waals surface area contributed by atoms with Crippen LogP contribution in [0.4, 0.5) is 0 Å². The molecule has 1 aromatic heterocycles. The van der Waals surface area contributed by atoms with Crippen molar-refractivity contribution in [3.05, 3.63) is 77.1 Å². The Morgan fingerprint density at radius 1 is 1.03 bits per heavy atom. The molecule has 0 saturated heterocycles. The van der Waals surface area contributed by atoms with E-state index in [0.717, 1.165) is 33.9 Å². The summed E-state index contributed by atoms with van der Waals surface area (Å²) in [5.74, 6) is 1.61. The Balaban J connectivity index is 1.52. The molecule has 0 saturated carbocycles. The number of hydrogen-bond acceptors (Lipinski definition) is 5. The van der Waals surface area contributed by atoms with Crippen molar-refractivity contribution in [2.75, 3.05) is 26.4 Å². The highest BCUT2D eigenvalue weighted by Gasteiger charge is 2.13. The topological polar surface area (TPSA) is 63.6 Å². The van der Waals surface area contributed by atoms with Crippen LogP contribution in [0, 0.1) is 6.92 Å². The number of nitrogens with one attached hydrogen (secondary N) is 1. The van der Waals surface area contributed by atoms with Crippen LogP contribution in [0.1, 0.15) is 22.4 Å². The first kappa shape index (κ1) is 20.1. The molecule has 3 aromatic rings. The highest BCUT2D eigenvalue weighted by molar-refractivity contribution is 5.77. The van der Waals surface area contributed by atoms with E-state index in [1.807, 2.05) is 24.4 Å². The Labute approximate surface area is 177 Å². The highest BCUT2D eigenvalue weighted by Crippen LogP contribution is 2.36. The molecular formula is C25H26N2O3. The van der Waals surface area contributed by atoms with Crippen LogP contribution in [0.2, 0.25) is 0 Å². The Bertz CT molecular complexity index is 1030. The summed E-state index contributed by atoms with van der Waals surface area (Å²) < 4.78 is 11.4. The van der Waals surface area contributed by atoms with Gasteiger partial charge in [0.15, 0.2) is 11.5 Å². The number of ether oxygens (including phenoxy) is 2. The minimum absolute atomic E-state index is 0.138. The molecule has 0 aliphatic carbocycles. The van der Waals surface area contributed by atoms with Crippen molar-refractivity contribution in [2.45, 2.75) is 13.5 Å². The van der Waals surface area contributed by atoms with E-state index >= 15 is 0 Å². The Morgan fingerprint density at radius 3 is 2.70 bits per heavy atom. The molecule has 0 bridgehead atoms. The number of hydrogen-bond donors (Lipinski definition) is 2. The van der Waals surface area contributed by atoms with Crippen LogP contribution >= 0.6 is 0 Å². The van der Waals surface area contributed by atoms with Crippen LogP contribution in [-0.4, -0.2) is 36.5 Å². The van der Waals surface area contributed by atoms with Crippen molar-refractivity contribution in [1.29, 1.82) is 0 Å². The summed E-state index contributed by atoms with van der Waals surface area (Å²) >= 11 is 0. The lowest BCUT2D eigenvalue weighted by molar-refractivity contribution is 0.171. The molecule has 0 atom stereocenters. The maximum atomic E-state index is 8.83. The molecule has 0 unspecified atom stereocenters. The Kier molecular flexibility index (Phi) is 6.42. The lowest BCUT2D eigenvalue weighted by Gasteiger charge is -2.19. The van der Waals surface area contributed by atoms with E-state index in [-0.39, 0.29) is 6.61 Å². The third-order valence-electron chi connectivity index (χ3n) is 5.13. The van der Waals surface area contributed by atoms with Gasteiger partial charge < -0.3 is 19.9 Å². The molecule has 2 heterocycles. The summed E-state index contributed by atoms with van der Waals surface area (Å²) in [6.07, 6.45) is 5.99. The van der Waals surface area contributed by atoms with E-state index in [1.54, 1.807) is 0 Å². The Morgan fingerprint density at radius 2 is 1.90 bits per heavy atom. The second-order valence-electron chi connectivity index (χ2n) is 7.20. The van der Waals surface area contributed by atoms with Gasteiger partial charge in [-0.3, -0.25) is 4.98 Å². The molecular weight excluding hydrogens is 376 g/mol. The second-order valence-corrected chi connectivity index (χ2v) is 7.20. The molecule has 4 rings (SSSR count). The summed E-state index contributed by atoms with van der Waals surface area (Å²) in [5.41, 5.74) is 6.65. The van der Waals surface area contributed by atoms with E-state index in [2.05, 4.69) is 59.7 Å². The quantitative estimate of drug-likeness (QED) is 0.583. The van der Waals surface area contributed by atoms with Crippen LogP contribution in [0.15, 0.2) is 54.7 Å². The van der Waals surface area contributed by atoms with Gasteiger partial charge >= 0.3 is 0 Å². The first-order valence-corrected chi connectivity index (χ1v) is 10.2. The minimum atomic E-state index is 0.138. The number of benzene rings is 2. The van der Waals surface area contributed by atoms with E-state index in [1.165, 1.54) is 11.1 Å². The van der Waals surface area contributed by atoms with Gasteiger partial charge in [0.1, 0.15) is 13.2 Å². The molecule has 0 fully saturated rings. The number of rotatable bonds is 7. The standard InChI is InChI=1S/C25H26N2O3/c1-18-20(6-9-22-8-5-19(17-27-22)16-26-11-12-28)3-2-4-23(18)21-7-10-24-25(15-21)30-14-13-29-24/h2-10,15,17,26,28H,11-14,16H2,1H3/b9-6+. The molecule has 2 N–H and O–H groups in total. The van der Waals surface area contributed by atoms with Crippen LogP contribution in [0.25, 0.3) is 23.3 Å². The number of fused-ring (bicyclic) bond motifs is 1. The Hall–Kier alpha value is -3.15. The zero-order valence-electron chi connectivity index (χ0n) is 17.1. The van der Waals surface area contributed by atoms with E-state index in [9.17, 15) is 0 Å². The molecule has 1 aliphatic rings. The van der Waals surface area contributed by atoms with Crippen molar-refractivity contribution in [2.24, 2.45) is 0 Å². The van der Waals surface area contributed by atoms with Gasteiger partial charge in [0.25, 0.3) is 0 Å². The number of aliphatic hydroxyl groups is 1. The maximum Gasteiger partial charge on any atom is 0.161 e. The van der Waals surface area contributed by atoms with Gasteiger partial charge in [-0.05, 0) is 59.0 Å². The van der Waals surface area contributed by atoms with Gasteiger partial charge in [-0.25, -0.2) is 0 Å². The lowest BCUT2D eigenvalue weighted by atomic mass is 9.95. The lowest BCUT2D eigenvalue weighted by Crippen LogP contribution is -2.17. The first-order valence-electron chi connectivity index (χ1n) is 10.2. The van der Waals surface area contributed by atoms with E-state index in [0.29, 0.717) is 26.3 Å². The largest absolute Gasteiger partial charge is 0.486 e. The highest BCUT2D eigenvalue weighted by atomic mass is 16.6. The number of aliphatic hydroxyl groups excluding tert-OH is 1. The van der Waals surface area contributed by atoms with Crippen LogP contribution < -0.4 is 14.8 Å². The minimum Gasteiger partial charge on any atom is -0.486 e. The van der Waals surface area contributed by atoms with Gasteiger partial charge in [0, 0.05) is 19.3 Å². The third kappa shape index (κ3) is 4.70. The zero-order valence-corrected chi connectivity index (χ0v) is 17.1. The van der Waals surface area contributed by atoms with Crippen molar-refractivity contribution >= 4 is 12.2 Å². The first-order chi connectivity index (χ1) is 14.7. The summed E-state index contributed by atoms with van der Waals surface area (Å²) in [6, 6.07) is 16.5. The molecule has 154 valence electrons. The fourth-order valence-electron chi connectivity index (χ4n) is 3.48. The maximum absolute atomic E-state index is 8.83. The predicted molar refractivity (Wildman–Crippen MR) is 120 cm³/mol. The number of pyridine rings is 1. The second kappa shape index (κ2) is 9.57. The van der Waals surface area contributed by atoms with Crippen molar-refractivity contribution < 1.29 is 14.6 Å². The monoisotopic (exact) mass is 402 g/mol. The van der Waals surface area contributed by atoms with Crippen molar-refractivity contribution in [3.63, 3.8) is 0 Å². The van der Waals surface area contributed by atoms with Crippen molar-refractivity contribution in [3.8, 4) is 22.6 Å². The molecule has 5 nitrogen and oxygen atoms in total. The molecule has 0 radical (unpaired) electrons. The summed E-state index contributed by atoms with van der Waals surface area (Å²) in [5, 5.41) is 12.0. The van der Waals surface area contributed by atoms with E-state index < -0.39 is 0 Å². The average molecular weight is 402 g/mol. The molecule has 30 heavy (non-hydrogen) atoms. The van der Waals surface area contributed by atoms with Gasteiger partial charge in [0.05, 0.1) is 12.3 Å². The van der Waals surface area contributed by atoms with Crippen LogP contribution in [0.3, 0.4) is 0 Å². The average Bonchev–Trinajstić information content (AvgIpc) is 2.79. The number of nitrogens with zero attached hydrogens (tertiary/aromatic N) is 1. The molecule has 5 heteroatoms. The van der Waals surface area contributed by atoms with E-state index in [4.69, 9.17) is 14.6 Å². The van der Waals surface area contributed by atoms with Crippen LogP contribution in [-0.2, 0) is 6.54 Å². The predicted octanol–water partition coefficient (Wildman–Crippen LogP) is 4.08. The molecule has 0 spiro atoms. The van der Waals surface area contributed by atoms with Gasteiger partial charge in [0.2, 0.25) is 0 Å². The van der Waals surface area contributed by atoms with Crippen molar-refractivity contribution in [1.82, 2.24) is 10.3 Å². The molecule has 1 aliphatic heterocycles. The molecule has 2 aromatic carbocycles. The van der Waals surface area contributed by atoms with Gasteiger partial charge in [-0.15, -0.1) is 0 Å². The van der Waals surface area contributed by atoms with Crippen LogP contribution in [0.5, 0.6) is 11.5 Å². The fraction of sp³-hybridized carbons (Fsp3) is 0.240. The number of aromatic nitrogens is 1.